The van der Waals surface area contributed by atoms with Crippen LogP contribution in [0.25, 0.3) is 0 Å². The molecule has 0 saturated carbocycles. The zero-order valence-corrected chi connectivity index (χ0v) is 19.1. The number of benzene rings is 2. The Morgan fingerprint density at radius 2 is 1.74 bits per heavy atom. The highest BCUT2D eigenvalue weighted by molar-refractivity contribution is 7.92. The molecule has 0 aliphatic carbocycles. The van der Waals surface area contributed by atoms with Gasteiger partial charge in [-0.25, -0.2) is 12.8 Å². The number of carbonyl (C=O) groups is 2. The zero-order chi connectivity index (χ0) is 23.2. The van der Waals surface area contributed by atoms with Gasteiger partial charge in [0.25, 0.3) is 0 Å². The van der Waals surface area contributed by atoms with Gasteiger partial charge in [-0.2, -0.15) is 0 Å². The summed E-state index contributed by atoms with van der Waals surface area (Å²) in [7, 11) is -2.52. The minimum Gasteiger partial charge on any atom is -0.357 e. The van der Waals surface area contributed by atoms with Crippen LogP contribution in [0.3, 0.4) is 0 Å². The number of nitrogens with zero attached hydrogens (tertiary/aromatic N) is 2. The smallest absolute Gasteiger partial charge is 0.244 e. The molecule has 0 aliphatic rings. The van der Waals surface area contributed by atoms with Gasteiger partial charge in [0.05, 0.1) is 11.9 Å². The average molecular weight is 470 g/mol. The van der Waals surface area contributed by atoms with E-state index >= 15 is 0 Å². The number of hydrogen-bond donors (Lipinski definition) is 1. The Morgan fingerprint density at radius 3 is 2.26 bits per heavy atom. The second kappa shape index (κ2) is 10.6. The summed E-state index contributed by atoms with van der Waals surface area (Å²) in [5, 5.41) is 3.04. The molecule has 0 radical (unpaired) electrons. The van der Waals surface area contributed by atoms with Gasteiger partial charge in [-0.3, -0.25) is 13.9 Å². The maximum absolute atomic E-state index is 14.3. The van der Waals surface area contributed by atoms with Crippen LogP contribution in [0, 0.1) is 5.82 Å². The molecule has 31 heavy (non-hydrogen) atoms. The molecule has 7 nitrogen and oxygen atoms in total. The van der Waals surface area contributed by atoms with Crippen LogP contribution in [0.4, 0.5) is 10.1 Å². The number of nitrogens with one attached hydrogen (secondary N) is 1. The van der Waals surface area contributed by atoms with E-state index in [1.165, 1.54) is 30.1 Å². The molecule has 0 saturated heterocycles. The Morgan fingerprint density at radius 1 is 1.13 bits per heavy atom. The number of sulfonamides is 1. The standard InChI is InChI=1S/C21H25ClFN3O4S/c1-4-18(21(28)24-2)25(13-15-9-11-16(22)12-10-15)20(27)14-26(31(3,29)30)19-8-6-5-7-17(19)23/h5-12,18H,4,13-14H2,1-3H3,(H,24,28)/t18-/m0/s1. The summed E-state index contributed by atoms with van der Waals surface area (Å²) in [6.45, 7) is 1.14. The third-order valence-corrected chi connectivity index (χ3v) is 6.08. The van der Waals surface area contributed by atoms with E-state index in [1.807, 2.05) is 0 Å². The molecule has 0 heterocycles. The zero-order valence-electron chi connectivity index (χ0n) is 17.5. The lowest BCUT2D eigenvalue weighted by Crippen LogP contribution is -2.51. The second-order valence-electron chi connectivity index (χ2n) is 6.91. The summed E-state index contributed by atoms with van der Waals surface area (Å²) in [4.78, 5) is 27.0. The van der Waals surface area contributed by atoms with Crippen molar-refractivity contribution in [2.24, 2.45) is 0 Å². The highest BCUT2D eigenvalue weighted by Gasteiger charge is 2.32. The van der Waals surface area contributed by atoms with Crippen LogP contribution in [0.5, 0.6) is 0 Å². The maximum Gasteiger partial charge on any atom is 0.244 e. The topological polar surface area (TPSA) is 86.8 Å². The van der Waals surface area contributed by atoms with E-state index in [0.29, 0.717) is 21.3 Å². The lowest BCUT2D eigenvalue weighted by Gasteiger charge is -2.32. The molecule has 0 spiro atoms. The molecule has 2 aromatic carbocycles. The number of anilines is 1. The Balaban J connectivity index is 2.43. The van der Waals surface area contributed by atoms with Crippen molar-refractivity contribution >= 4 is 39.1 Å². The molecule has 0 aliphatic heterocycles. The Hall–Kier alpha value is -2.65. The first-order valence-corrected chi connectivity index (χ1v) is 11.8. The molecule has 0 aromatic heterocycles. The van der Waals surface area contributed by atoms with Gasteiger partial charge in [-0.05, 0) is 36.2 Å². The van der Waals surface area contributed by atoms with Crippen LogP contribution in [-0.4, -0.2) is 51.0 Å². The second-order valence-corrected chi connectivity index (χ2v) is 9.25. The molecule has 2 amide bonds. The summed E-state index contributed by atoms with van der Waals surface area (Å²) >= 11 is 5.92. The summed E-state index contributed by atoms with van der Waals surface area (Å²) in [5.41, 5.74) is 0.467. The van der Waals surface area contributed by atoms with Crippen LogP contribution in [0.15, 0.2) is 48.5 Å². The highest BCUT2D eigenvalue weighted by atomic mass is 35.5. The van der Waals surface area contributed by atoms with Crippen LogP contribution >= 0.6 is 11.6 Å². The van der Waals surface area contributed by atoms with Crippen molar-refractivity contribution in [2.75, 3.05) is 24.2 Å². The number of halogens is 2. The monoisotopic (exact) mass is 469 g/mol. The first kappa shape index (κ1) is 24.6. The summed E-state index contributed by atoms with van der Waals surface area (Å²) in [6.07, 6.45) is 1.20. The molecule has 168 valence electrons. The van der Waals surface area contributed by atoms with Gasteiger partial charge in [-0.15, -0.1) is 0 Å². The van der Waals surface area contributed by atoms with Crippen LogP contribution < -0.4 is 9.62 Å². The predicted molar refractivity (Wildman–Crippen MR) is 119 cm³/mol. The van der Waals surface area contributed by atoms with Gasteiger partial charge >= 0.3 is 0 Å². The summed E-state index contributed by atoms with van der Waals surface area (Å²) < 4.78 is 39.7. The molecule has 0 bridgehead atoms. The molecular weight excluding hydrogens is 445 g/mol. The van der Waals surface area contributed by atoms with Gasteiger partial charge in [0.1, 0.15) is 18.4 Å². The Kier molecular flexibility index (Phi) is 8.41. The first-order valence-electron chi connectivity index (χ1n) is 9.56. The lowest BCUT2D eigenvalue weighted by molar-refractivity contribution is -0.140. The Labute approximate surface area is 186 Å². The van der Waals surface area contributed by atoms with Crippen molar-refractivity contribution in [2.45, 2.75) is 25.9 Å². The van der Waals surface area contributed by atoms with Crippen molar-refractivity contribution in [3.63, 3.8) is 0 Å². The molecular formula is C21H25ClFN3O4S. The van der Waals surface area contributed by atoms with Crippen molar-refractivity contribution in [1.82, 2.24) is 10.2 Å². The van der Waals surface area contributed by atoms with Crippen molar-refractivity contribution in [1.29, 1.82) is 0 Å². The number of carbonyl (C=O) groups excluding carboxylic acids is 2. The summed E-state index contributed by atoms with van der Waals surface area (Å²) in [6, 6.07) is 11.2. The molecule has 0 fully saturated rings. The molecule has 1 N–H and O–H groups in total. The van der Waals surface area contributed by atoms with Crippen LogP contribution in [0.2, 0.25) is 5.02 Å². The first-order chi connectivity index (χ1) is 14.6. The normalized spacial score (nSPS) is 12.2. The minimum atomic E-state index is -3.98. The Bertz CT molecular complexity index is 1030. The van der Waals surface area contributed by atoms with Crippen LogP contribution in [0.1, 0.15) is 18.9 Å². The van der Waals surface area contributed by atoms with Crippen molar-refractivity contribution in [3.05, 3.63) is 64.9 Å². The van der Waals surface area contributed by atoms with Gasteiger partial charge in [0.2, 0.25) is 21.8 Å². The average Bonchev–Trinajstić information content (AvgIpc) is 2.72. The number of amides is 2. The SMILES string of the molecule is CC[C@@H](C(=O)NC)N(Cc1ccc(Cl)cc1)C(=O)CN(c1ccccc1F)S(C)(=O)=O. The van der Waals surface area contributed by atoms with E-state index in [0.717, 1.165) is 12.3 Å². The van der Waals surface area contributed by atoms with E-state index in [9.17, 15) is 22.4 Å². The molecule has 10 heteroatoms. The largest absolute Gasteiger partial charge is 0.357 e. The fourth-order valence-corrected chi connectivity index (χ4v) is 4.10. The van der Waals surface area contributed by atoms with Gasteiger partial charge in [-0.1, -0.05) is 42.8 Å². The highest BCUT2D eigenvalue weighted by Crippen LogP contribution is 2.22. The molecule has 2 rings (SSSR count). The predicted octanol–water partition coefficient (Wildman–Crippen LogP) is 2.80. The number of hydrogen-bond acceptors (Lipinski definition) is 4. The number of para-hydroxylation sites is 1. The van der Waals surface area contributed by atoms with Gasteiger partial charge in [0.15, 0.2) is 0 Å². The maximum atomic E-state index is 14.3. The number of rotatable bonds is 9. The van der Waals surface area contributed by atoms with E-state index in [-0.39, 0.29) is 18.1 Å². The van der Waals surface area contributed by atoms with E-state index in [1.54, 1.807) is 31.2 Å². The molecule has 1 atom stereocenters. The quantitative estimate of drug-likeness (QED) is 0.611. The van der Waals surface area contributed by atoms with E-state index in [2.05, 4.69) is 5.32 Å². The van der Waals surface area contributed by atoms with Crippen LogP contribution in [-0.2, 0) is 26.2 Å². The van der Waals surface area contributed by atoms with Crippen molar-refractivity contribution in [3.8, 4) is 0 Å². The number of likely N-dealkylation sites (N-methyl/N-ethyl adjacent to an activating group) is 1. The molecule has 0 unspecified atom stereocenters. The fraction of sp³-hybridized carbons (Fsp3) is 0.333. The summed E-state index contributed by atoms with van der Waals surface area (Å²) in [5.74, 6) is -1.80. The lowest BCUT2D eigenvalue weighted by atomic mass is 10.1. The van der Waals surface area contributed by atoms with E-state index < -0.39 is 34.3 Å². The van der Waals surface area contributed by atoms with Gasteiger partial charge < -0.3 is 10.2 Å². The molecule has 2 aromatic rings. The third-order valence-electron chi connectivity index (χ3n) is 4.70. The van der Waals surface area contributed by atoms with E-state index in [4.69, 9.17) is 11.6 Å². The van der Waals surface area contributed by atoms with Crippen molar-refractivity contribution < 1.29 is 22.4 Å². The minimum absolute atomic E-state index is 0.0524. The van der Waals surface area contributed by atoms with Gasteiger partial charge in [0, 0.05) is 18.6 Å². The fourth-order valence-electron chi connectivity index (χ4n) is 3.12. The third kappa shape index (κ3) is 6.41.